The van der Waals surface area contributed by atoms with E-state index >= 15 is 0 Å². The van der Waals surface area contributed by atoms with E-state index in [0.717, 1.165) is 0 Å². The molecule has 0 N–H and O–H groups in total. The van der Waals surface area contributed by atoms with E-state index in [-0.39, 0.29) is 59.8 Å². The predicted molar refractivity (Wildman–Crippen MR) is 186 cm³/mol. The minimum absolute atomic E-state index is 0.00561. The van der Waals surface area contributed by atoms with E-state index in [0.29, 0.717) is 25.8 Å². The molecule has 0 saturated carbocycles. The fourth-order valence-corrected chi connectivity index (χ4v) is 6.27. The van der Waals surface area contributed by atoms with E-state index in [1.54, 1.807) is 30.3 Å². The Bertz CT molecular complexity index is 2150. The molecule has 0 heterocycles. The zero-order chi connectivity index (χ0) is 33.4. The molecule has 6 aromatic rings. The summed E-state index contributed by atoms with van der Waals surface area (Å²) in [4.78, 5) is 40.3. The van der Waals surface area contributed by atoms with Crippen LogP contribution in [0.5, 0.6) is 17.2 Å². The van der Waals surface area contributed by atoms with Gasteiger partial charge in [-0.15, -0.1) is 0 Å². The van der Waals surface area contributed by atoms with Crippen LogP contribution < -0.4 is 14.2 Å². The average molecular weight is 745 g/mol. The fourth-order valence-electron chi connectivity index (χ4n) is 4.81. The minimum atomic E-state index is -0.857. The predicted octanol–water partition coefficient (Wildman–Crippen LogP) is 11.6. The summed E-state index contributed by atoms with van der Waals surface area (Å²) in [5.41, 5.74) is 0.107. The second-order valence-corrected chi connectivity index (χ2v) is 12.5. The number of hydrogen-bond donors (Lipinski definition) is 0. The van der Waals surface area contributed by atoms with Gasteiger partial charge >= 0.3 is 17.9 Å². The third-order valence-electron chi connectivity index (χ3n) is 6.94. The van der Waals surface area contributed by atoms with Crippen LogP contribution in [0, 0.1) is 0 Å². The second kappa shape index (κ2) is 13.6. The molecule has 0 aliphatic rings. The molecule has 0 radical (unpaired) electrons. The van der Waals surface area contributed by atoms with Crippen LogP contribution in [0.25, 0.3) is 21.5 Å². The monoisotopic (exact) mass is 742 g/mol. The van der Waals surface area contributed by atoms with Crippen LogP contribution in [0.15, 0.2) is 97.1 Å². The molecule has 0 spiro atoms. The van der Waals surface area contributed by atoms with Gasteiger partial charge in [-0.2, -0.15) is 0 Å². The van der Waals surface area contributed by atoms with Crippen LogP contribution in [0.4, 0.5) is 0 Å². The first-order valence-electron chi connectivity index (χ1n) is 13.5. The average Bonchev–Trinajstić information content (AvgIpc) is 3.00. The molecular weight excluding hydrogens is 729 g/mol. The van der Waals surface area contributed by atoms with Gasteiger partial charge in [0.2, 0.25) is 0 Å². The lowest BCUT2D eigenvalue weighted by Gasteiger charge is -2.17. The molecule has 0 bridgehead atoms. The third-order valence-corrected chi connectivity index (χ3v) is 8.58. The molecule has 6 rings (SSSR count). The summed E-state index contributed by atoms with van der Waals surface area (Å²) in [7, 11) is 0. The molecule has 234 valence electrons. The molecule has 0 amide bonds. The molecule has 0 fully saturated rings. The lowest BCUT2D eigenvalue weighted by Crippen LogP contribution is -2.13. The minimum Gasteiger partial charge on any atom is -0.422 e. The first-order valence-corrected chi connectivity index (χ1v) is 15.8. The first kappa shape index (κ1) is 32.9. The van der Waals surface area contributed by atoms with Crippen LogP contribution in [-0.4, -0.2) is 17.9 Å². The van der Waals surface area contributed by atoms with Gasteiger partial charge in [0.05, 0.1) is 42.5 Å². The van der Waals surface area contributed by atoms with Crippen molar-refractivity contribution in [3.63, 3.8) is 0 Å². The number of rotatable bonds is 6. The van der Waals surface area contributed by atoms with Crippen molar-refractivity contribution in [1.82, 2.24) is 0 Å². The van der Waals surface area contributed by atoms with Crippen molar-refractivity contribution in [2.45, 2.75) is 0 Å². The largest absolute Gasteiger partial charge is 0.422 e. The number of esters is 3. The van der Waals surface area contributed by atoms with Crippen molar-refractivity contribution in [2.75, 3.05) is 0 Å². The zero-order valence-electron chi connectivity index (χ0n) is 23.5. The van der Waals surface area contributed by atoms with Crippen LogP contribution in [-0.2, 0) is 0 Å². The summed E-state index contributed by atoms with van der Waals surface area (Å²) in [6.07, 6.45) is 0. The number of carbonyl (C=O) groups excluding carboxylic acids is 3. The van der Waals surface area contributed by atoms with Gasteiger partial charge in [-0.1, -0.05) is 93.9 Å². The Balaban J connectivity index is 1.55. The number of fused-ring (bicyclic) bond motifs is 2. The van der Waals surface area contributed by atoms with Gasteiger partial charge in [-0.3, -0.25) is 0 Å². The topological polar surface area (TPSA) is 78.9 Å². The summed E-state index contributed by atoms with van der Waals surface area (Å²) in [6, 6.07) is 24.5. The quantitative estimate of drug-likeness (QED) is 0.0960. The molecular formula is C35H16Cl6O6. The summed E-state index contributed by atoms with van der Waals surface area (Å²) in [5.74, 6) is -2.49. The maximum atomic E-state index is 13.7. The number of halogens is 6. The fraction of sp³-hybridized carbons (Fsp3) is 0. The van der Waals surface area contributed by atoms with Gasteiger partial charge in [-0.05, 0) is 83.6 Å². The molecule has 0 saturated heterocycles. The van der Waals surface area contributed by atoms with E-state index in [1.807, 2.05) is 0 Å². The Morgan fingerprint density at radius 1 is 0.426 bits per heavy atom. The molecule has 47 heavy (non-hydrogen) atoms. The standard InChI is InChI=1S/C35H16Cl6O6/c36-19-7-10-22(25(39)14-19)33(42)45-28-5-1-3-17-13-18-4-2-6-29(46-34(43)23-11-8-20(37)15-26(23)40)31(18)32(30(17)28)47-35(44)24-12-9-21(38)16-27(24)41/h1-16H. The highest BCUT2D eigenvalue weighted by Crippen LogP contribution is 2.45. The Morgan fingerprint density at radius 2 is 0.787 bits per heavy atom. The molecule has 0 aromatic heterocycles. The zero-order valence-corrected chi connectivity index (χ0v) is 28.0. The smallest absolute Gasteiger partial charge is 0.345 e. The number of carbonyl (C=O) groups is 3. The normalized spacial score (nSPS) is 11.0. The molecule has 12 heteroatoms. The van der Waals surface area contributed by atoms with Gasteiger partial charge in [0.1, 0.15) is 11.5 Å². The van der Waals surface area contributed by atoms with Gasteiger partial charge < -0.3 is 14.2 Å². The van der Waals surface area contributed by atoms with Gasteiger partial charge in [0.25, 0.3) is 0 Å². The number of benzene rings is 6. The number of ether oxygens (including phenoxy) is 3. The van der Waals surface area contributed by atoms with Crippen molar-refractivity contribution in [1.29, 1.82) is 0 Å². The van der Waals surface area contributed by atoms with Crippen molar-refractivity contribution < 1.29 is 28.6 Å². The second-order valence-electron chi connectivity index (χ2n) is 9.96. The highest BCUT2D eigenvalue weighted by Gasteiger charge is 2.25. The van der Waals surface area contributed by atoms with Crippen LogP contribution in [0.3, 0.4) is 0 Å². The molecule has 0 unspecified atom stereocenters. The van der Waals surface area contributed by atoms with Crippen molar-refractivity contribution >= 4 is 109 Å². The van der Waals surface area contributed by atoms with Crippen molar-refractivity contribution in [2.24, 2.45) is 0 Å². The Kier molecular flexibility index (Phi) is 9.53. The molecule has 6 nitrogen and oxygen atoms in total. The summed E-state index contributed by atoms with van der Waals surface area (Å²) < 4.78 is 17.7. The summed E-state index contributed by atoms with van der Waals surface area (Å²) in [6.45, 7) is 0. The van der Waals surface area contributed by atoms with Gasteiger partial charge in [-0.25, -0.2) is 14.4 Å². The lowest BCUT2D eigenvalue weighted by atomic mass is 10.0. The van der Waals surface area contributed by atoms with Gasteiger partial charge in [0, 0.05) is 15.1 Å². The first-order chi connectivity index (χ1) is 22.5. The third kappa shape index (κ3) is 6.85. The summed E-state index contributed by atoms with van der Waals surface area (Å²) in [5, 5.41) is 2.65. The van der Waals surface area contributed by atoms with Crippen molar-refractivity contribution in [3.8, 4) is 17.2 Å². The maximum absolute atomic E-state index is 13.7. The Morgan fingerprint density at radius 3 is 1.15 bits per heavy atom. The van der Waals surface area contributed by atoms with Crippen LogP contribution in [0.1, 0.15) is 31.1 Å². The lowest BCUT2D eigenvalue weighted by molar-refractivity contribution is 0.0728. The van der Waals surface area contributed by atoms with E-state index < -0.39 is 17.9 Å². The SMILES string of the molecule is O=C(Oc1cccc2cc3cccc(OC(=O)c4ccc(Cl)cc4Cl)c3c(OC(=O)c3ccc(Cl)cc3Cl)c12)c1ccc(Cl)cc1Cl. The molecule has 0 aliphatic heterocycles. The summed E-state index contributed by atoms with van der Waals surface area (Å²) >= 11 is 37.0. The highest BCUT2D eigenvalue weighted by atomic mass is 35.5. The van der Waals surface area contributed by atoms with Crippen LogP contribution >= 0.6 is 69.6 Å². The van der Waals surface area contributed by atoms with E-state index in [4.69, 9.17) is 83.8 Å². The van der Waals surface area contributed by atoms with E-state index in [2.05, 4.69) is 0 Å². The highest BCUT2D eigenvalue weighted by molar-refractivity contribution is 6.38. The Hall–Kier alpha value is -4.01. The molecule has 0 aliphatic carbocycles. The maximum Gasteiger partial charge on any atom is 0.345 e. The molecule has 0 atom stereocenters. The Labute approximate surface area is 297 Å². The van der Waals surface area contributed by atoms with Crippen LogP contribution in [0.2, 0.25) is 30.1 Å². The number of hydrogen-bond acceptors (Lipinski definition) is 6. The van der Waals surface area contributed by atoms with E-state index in [1.165, 1.54) is 66.7 Å². The van der Waals surface area contributed by atoms with Gasteiger partial charge in [0.15, 0.2) is 5.75 Å². The molecule has 6 aromatic carbocycles. The van der Waals surface area contributed by atoms with E-state index in [9.17, 15) is 14.4 Å². The van der Waals surface area contributed by atoms with Crippen molar-refractivity contribution in [3.05, 3.63) is 144 Å².